The predicted molar refractivity (Wildman–Crippen MR) is 145 cm³/mol. The number of rotatable bonds is 8. The molecule has 3 aromatic carbocycles. The van der Waals surface area contributed by atoms with Gasteiger partial charge in [0.1, 0.15) is 29.1 Å². The standard InChI is InChI=1S/C26H18Cl2F3N3O5S/c1-40(38,39)34-14-10-19(30)23(20(31)11-14)25(35)33-21(26(36)37)7-12-4-5-15(16-3-2-6-32-24(12)16)22-17(27)8-13(29)9-18(22)28/h2-6,8-11,21,34H,7H2,1H3,(H,33,35)(H,36,37). The summed E-state index contributed by atoms with van der Waals surface area (Å²) in [5.41, 5.74) is -0.0468. The zero-order valence-electron chi connectivity index (χ0n) is 20.3. The molecule has 0 saturated heterocycles. The van der Waals surface area contributed by atoms with E-state index < -0.39 is 56.6 Å². The maximum Gasteiger partial charge on any atom is 0.326 e. The Morgan fingerprint density at radius 2 is 1.65 bits per heavy atom. The van der Waals surface area contributed by atoms with Crippen LogP contribution in [0.2, 0.25) is 10.0 Å². The summed E-state index contributed by atoms with van der Waals surface area (Å²) >= 11 is 12.5. The van der Waals surface area contributed by atoms with Crippen molar-refractivity contribution in [2.45, 2.75) is 12.5 Å². The predicted octanol–water partition coefficient (Wildman–Crippen LogP) is 5.42. The average molecular weight is 612 g/mol. The highest BCUT2D eigenvalue weighted by Crippen LogP contribution is 2.39. The van der Waals surface area contributed by atoms with Crippen molar-refractivity contribution in [1.82, 2.24) is 10.3 Å². The molecule has 1 atom stereocenters. The Morgan fingerprint density at radius 3 is 2.23 bits per heavy atom. The van der Waals surface area contributed by atoms with Gasteiger partial charge in [0.15, 0.2) is 0 Å². The van der Waals surface area contributed by atoms with E-state index >= 15 is 0 Å². The molecular weight excluding hydrogens is 594 g/mol. The third kappa shape index (κ3) is 6.30. The lowest BCUT2D eigenvalue weighted by Gasteiger charge is -2.18. The first-order valence-corrected chi connectivity index (χ1v) is 13.9. The molecule has 0 aliphatic rings. The van der Waals surface area contributed by atoms with Crippen LogP contribution in [0, 0.1) is 17.5 Å². The first-order valence-electron chi connectivity index (χ1n) is 11.3. The third-order valence-electron chi connectivity index (χ3n) is 5.73. The quantitative estimate of drug-likeness (QED) is 0.244. The van der Waals surface area contributed by atoms with Gasteiger partial charge in [-0.1, -0.05) is 41.4 Å². The van der Waals surface area contributed by atoms with Crippen molar-refractivity contribution in [2.75, 3.05) is 11.0 Å². The minimum atomic E-state index is -3.85. The zero-order chi connectivity index (χ0) is 29.4. The molecule has 1 amide bonds. The summed E-state index contributed by atoms with van der Waals surface area (Å²) in [7, 11) is -3.85. The number of nitrogens with one attached hydrogen (secondary N) is 2. The fraction of sp³-hybridized carbons (Fsp3) is 0.115. The van der Waals surface area contributed by atoms with Gasteiger partial charge < -0.3 is 10.4 Å². The highest BCUT2D eigenvalue weighted by molar-refractivity contribution is 7.92. The number of fused-ring (bicyclic) bond motifs is 1. The number of aliphatic carboxylic acids is 1. The van der Waals surface area contributed by atoms with E-state index in [4.69, 9.17) is 23.2 Å². The van der Waals surface area contributed by atoms with Crippen LogP contribution in [0.15, 0.2) is 54.7 Å². The third-order valence-corrected chi connectivity index (χ3v) is 6.93. The van der Waals surface area contributed by atoms with Gasteiger partial charge in [-0.2, -0.15) is 0 Å². The number of pyridine rings is 1. The lowest BCUT2D eigenvalue weighted by Crippen LogP contribution is -2.43. The number of aromatic nitrogens is 1. The number of carbonyl (C=O) groups is 2. The van der Waals surface area contributed by atoms with Crippen molar-refractivity contribution >= 4 is 61.7 Å². The molecule has 208 valence electrons. The Hall–Kier alpha value is -3.87. The van der Waals surface area contributed by atoms with E-state index in [1.165, 1.54) is 12.3 Å². The van der Waals surface area contributed by atoms with Crippen molar-refractivity contribution in [3.05, 3.63) is 93.4 Å². The Morgan fingerprint density at radius 1 is 1.02 bits per heavy atom. The highest BCUT2D eigenvalue weighted by atomic mass is 35.5. The molecule has 1 heterocycles. The van der Waals surface area contributed by atoms with Gasteiger partial charge in [-0.05, 0) is 41.5 Å². The number of hydrogen-bond acceptors (Lipinski definition) is 5. The number of anilines is 1. The topological polar surface area (TPSA) is 125 Å². The van der Waals surface area contributed by atoms with Gasteiger partial charge >= 0.3 is 5.97 Å². The average Bonchev–Trinajstić information content (AvgIpc) is 2.82. The molecule has 4 rings (SSSR count). The number of sulfonamides is 1. The lowest BCUT2D eigenvalue weighted by molar-refractivity contribution is -0.139. The highest BCUT2D eigenvalue weighted by Gasteiger charge is 2.27. The van der Waals surface area contributed by atoms with E-state index in [0.29, 0.717) is 39.7 Å². The number of nitrogens with zero attached hydrogens (tertiary/aromatic N) is 1. The van der Waals surface area contributed by atoms with E-state index in [2.05, 4.69) is 10.3 Å². The second-order valence-corrected chi connectivity index (χ2v) is 11.2. The molecule has 14 heteroatoms. The Kier molecular flexibility index (Phi) is 8.24. The van der Waals surface area contributed by atoms with Crippen LogP contribution in [0.5, 0.6) is 0 Å². The van der Waals surface area contributed by atoms with Crippen LogP contribution in [-0.2, 0) is 21.2 Å². The van der Waals surface area contributed by atoms with E-state index in [9.17, 15) is 36.3 Å². The number of hydrogen-bond donors (Lipinski definition) is 3. The Balaban J connectivity index is 1.68. The molecule has 0 fully saturated rings. The van der Waals surface area contributed by atoms with E-state index in [-0.39, 0.29) is 16.5 Å². The normalized spacial score (nSPS) is 12.2. The summed E-state index contributed by atoms with van der Waals surface area (Å²) in [6.07, 6.45) is 1.89. The monoisotopic (exact) mass is 611 g/mol. The second kappa shape index (κ2) is 11.3. The maximum absolute atomic E-state index is 14.6. The number of carbonyl (C=O) groups excluding carboxylic acids is 1. The Bertz CT molecular complexity index is 1740. The number of carboxylic acid groups (broad SMARTS) is 1. The molecule has 0 aliphatic carbocycles. The molecule has 3 N–H and O–H groups in total. The van der Waals surface area contributed by atoms with E-state index in [0.717, 1.165) is 18.4 Å². The molecule has 1 aromatic heterocycles. The summed E-state index contributed by atoms with van der Waals surface area (Å²) in [5, 5.41) is 12.5. The fourth-order valence-electron chi connectivity index (χ4n) is 4.13. The maximum atomic E-state index is 14.6. The molecule has 40 heavy (non-hydrogen) atoms. The number of amides is 1. The minimum Gasteiger partial charge on any atom is -0.480 e. The summed E-state index contributed by atoms with van der Waals surface area (Å²) in [6, 6.07) is 8.12. The van der Waals surface area contributed by atoms with Gasteiger partial charge in [0.25, 0.3) is 5.91 Å². The van der Waals surface area contributed by atoms with Crippen LogP contribution in [0.4, 0.5) is 18.9 Å². The fourth-order valence-corrected chi connectivity index (χ4v) is 5.34. The number of halogens is 5. The van der Waals surface area contributed by atoms with Gasteiger partial charge in [-0.15, -0.1) is 0 Å². The van der Waals surface area contributed by atoms with Crippen LogP contribution in [0.3, 0.4) is 0 Å². The van der Waals surface area contributed by atoms with Crippen LogP contribution < -0.4 is 10.0 Å². The summed E-state index contributed by atoms with van der Waals surface area (Å²) in [6.45, 7) is 0. The van der Waals surface area contributed by atoms with Crippen LogP contribution in [-0.4, -0.2) is 42.7 Å². The number of carboxylic acids is 1. The molecule has 0 aliphatic heterocycles. The van der Waals surface area contributed by atoms with Crippen molar-refractivity contribution in [2.24, 2.45) is 0 Å². The smallest absolute Gasteiger partial charge is 0.326 e. The first-order chi connectivity index (χ1) is 18.7. The number of benzene rings is 3. The van der Waals surface area contributed by atoms with Gasteiger partial charge in [-0.3, -0.25) is 14.5 Å². The molecule has 4 aromatic rings. The molecule has 0 spiro atoms. The molecular formula is C26H18Cl2F3N3O5S. The lowest BCUT2D eigenvalue weighted by atomic mass is 9.95. The molecule has 0 bridgehead atoms. The van der Waals surface area contributed by atoms with Crippen molar-refractivity contribution in [1.29, 1.82) is 0 Å². The molecule has 1 unspecified atom stereocenters. The van der Waals surface area contributed by atoms with Crippen molar-refractivity contribution in [3.8, 4) is 11.1 Å². The van der Waals surface area contributed by atoms with Crippen molar-refractivity contribution in [3.63, 3.8) is 0 Å². The van der Waals surface area contributed by atoms with Crippen LogP contribution in [0.25, 0.3) is 22.0 Å². The first kappa shape index (κ1) is 29.1. The zero-order valence-corrected chi connectivity index (χ0v) is 22.6. The van der Waals surface area contributed by atoms with Crippen LogP contribution >= 0.6 is 23.2 Å². The Labute approximate surface area is 235 Å². The summed E-state index contributed by atoms with van der Waals surface area (Å²) in [5.74, 6) is -6.31. The van der Waals surface area contributed by atoms with Gasteiger partial charge in [0, 0.05) is 23.6 Å². The van der Waals surface area contributed by atoms with Gasteiger partial charge in [0.05, 0.1) is 27.5 Å². The SMILES string of the molecule is CS(=O)(=O)Nc1cc(F)c(C(=O)NC(Cc2ccc(-c3c(Cl)cc(F)cc3Cl)c3cccnc23)C(=O)O)c(F)c1. The van der Waals surface area contributed by atoms with E-state index in [1.54, 1.807) is 18.2 Å². The van der Waals surface area contributed by atoms with E-state index in [1.807, 2.05) is 4.72 Å². The van der Waals surface area contributed by atoms with Gasteiger partial charge in [0.2, 0.25) is 10.0 Å². The van der Waals surface area contributed by atoms with Gasteiger partial charge in [-0.25, -0.2) is 26.4 Å². The summed E-state index contributed by atoms with van der Waals surface area (Å²) in [4.78, 5) is 29.1. The molecule has 0 radical (unpaired) electrons. The molecule has 0 saturated carbocycles. The van der Waals surface area contributed by atoms with Crippen molar-refractivity contribution < 1.29 is 36.3 Å². The summed E-state index contributed by atoms with van der Waals surface area (Å²) < 4.78 is 67.5. The van der Waals surface area contributed by atoms with Crippen LogP contribution in [0.1, 0.15) is 15.9 Å². The largest absolute Gasteiger partial charge is 0.480 e. The minimum absolute atomic E-state index is 0.0420. The second-order valence-electron chi connectivity index (χ2n) is 8.67. The molecule has 8 nitrogen and oxygen atoms in total.